The molecule has 10 heteroatoms. The van der Waals surface area contributed by atoms with Crippen LogP contribution in [0.15, 0.2) is 42.5 Å². The number of hydrogen-bond donors (Lipinski definition) is 3. The first kappa shape index (κ1) is 23.6. The normalized spacial score (nSPS) is 10.3. The molecule has 0 radical (unpaired) electrons. The van der Waals surface area contributed by atoms with Crippen LogP contribution < -0.4 is 25.6 Å². The molecule has 3 N–H and O–H groups in total. The van der Waals surface area contributed by atoms with Crippen LogP contribution in [0.2, 0.25) is 0 Å². The summed E-state index contributed by atoms with van der Waals surface area (Å²) < 4.78 is 10.8. The lowest BCUT2D eigenvalue weighted by Crippen LogP contribution is -2.36. The molecule has 2 amide bonds. The number of non-ortho nitro benzene ring substituents is 1. The van der Waals surface area contributed by atoms with Gasteiger partial charge in [0, 0.05) is 30.8 Å². The van der Waals surface area contributed by atoms with Gasteiger partial charge in [-0.15, -0.1) is 0 Å². The Kier molecular flexibility index (Phi) is 9.24. The summed E-state index contributed by atoms with van der Waals surface area (Å²) in [6, 6.07) is 10.8. The Balaban J connectivity index is 1.87. The van der Waals surface area contributed by atoms with Crippen molar-refractivity contribution in [3.8, 4) is 11.5 Å². The van der Waals surface area contributed by atoms with Gasteiger partial charge in [0.15, 0.2) is 18.1 Å². The Morgan fingerprint density at radius 1 is 1.10 bits per heavy atom. The number of nitrogens with zero attached hydrogens (tertiary/aromatic N) is 1. The highest BCUT2D eigenvalue weighted by atomic mass is 16.6. The van der Waals surface area contributed by atoms with Crippen molar-refractivity contribution in [3.63, 3.8) is 0 Å². The van der Waals surface area contributed by atoms with Crippen LogP contribution in [0, 0.1) is 10.1 Å². The fraction of sp³-hybridized carbons (Fsp3) is 0.333. The molecule has 0 fully saturated rings. The number of ether oxygens (including phenoxy) is 2. The summed E-state index contributed by atoms with van der Waals surface area (Å²) in [6.45, 7) is 2.11. The molecular weight excluding hydrogens is 404 g/mol. The summed E-state index contributed by atoms with van der Waals surface area (Å²) in [4.78, 5) is 34.0. The van der Waals surface area contributed by atoms with Crippen LogP contribution in [0.1, 0.15) is 31.7 Å². The SMILES string of the molecule is CCCCC(=O)NNCc1ccc(OCC(=O)Nc2cccc([N+](=O)[O-])c2)c(OC)c1. The van der Waals surface area contributed by atoms with E-state index in [4.69, 9.17) is 9.47 Å². The predicted molar refractivity (Wildman–Crippen MR) is 115 cm³/mol. The van der Waals surface area contributed by atoms with E-state index in [0.717, 1.165) is 18.4 Å². The number of unbranched alkanes of at least 4 members (excludes halogenated alkanes) is 1. The number of rotatable bonds is 12. The summed E-state index contributed by atoms with van der Waals surface area (Å²) in [5.41, 5.74) is 6.53. The number of benzene rings is 2. The van der Waals surface area contributed by atoms with E-state index in [2.05, 4.69) is 16.2 Å². The van der Waals surface area contributed by atoms with E-state index in [-0.39, 0.29) is 18.2 Å². The number of methoxy groups -OCH3 is 1. The first-order chi connectivity index (χ1) is 14.9. The molecule has 0 aliphatic heterocycles. The highest BCUT2D eigenvalue weighted by molar-refractivity contribution is 5.92. The molecule has 0 saturated carbocycles. The third-order valence-corrected chi connectivity index (χ3v) is 4.21. The number of anilines is 1. The number of nitro benzene ring substituents is 1. The molecule has 0 bridgehead atoms. The standard InChI is InChI=1S/C21H26N4O6/c1-3-4-8-20(26)24-22-13-15-9-10-18(19(11-15)30-2)31-14-21(27)23-16-6-5-7-17(12-16)25(28)29/h5-7,9-12,22H,3-4,8,13-14H2,1-2H3,(H,23,27)(H,24,26). The summed E-state index contributed by atoms with van der Waals surface area (Å²) in [5.74, 6) is 0.263. The average Bonchev–Trinajstić information content (AvgIpc) is 2.76. The number of hydrogen-bond acceptors (Lipinski definition) is 7. The Morgan fingerprint density at radius 3 is 2.61 bits per heavy atom. The van der Waals surface area contributed by atoms with Crippen LogP contribution in [-0.2, 0) is 16.1 Å². The minimum Gasteiger partial charge on any atom is -0.493 e. The van der Waals surface area contributed by atoms with Crippen molar-refractivity contribution < 1.29 is 24.0 Å². The lowest BCUT2D eigenvalue weighted by Gasteiger charge is -2.13. The molecule has 10 nitrogen and oxygen atoms in total. The van der Waals surface area contributed by atoms with Crippen molar-refractivity contribution in [2.75, 3.05) is 19.0 Å². The molecule has 0 spiro atoms. The van der Waals surface area contributed by atoms with E-state index < -0.39 is 10.8 Å². The predicted octanol–water partition coefficient (Wildman–Crippen LogP) is 2.93. The van der Waals surface area contributed by atoms with E-state index in [1.54, 1.807) is 24.3 Å². The van der Waals surface area contributed by atoms with Gasteiger partial charge in [-0.1, -0.05) is 25.5 Å². The molecule has 2 rings (SSSR count). The fourth-order valence-electron chi connectivity index (χ4n) is 2.62. The Hall–Kier alpha value is -3.66. The Bertz CT molecular complexity index is 918. The molecule has 2 aromatic carbocycles. The number of carbonyl (C=O) groups excluding carboxylic acids is 2. The molecule has 2 aromatic rings. The maximum Gasteiger partial charge on any atom is 0.271 e. The van der Waals surface area contributed by atoms with Crippen molar-refractivity contribution in [2.45, 2.75) is 32.7 Å². The van der Waals surface area contributed by atoms with E-state index in [1.165, 1.54) is 25.3 Å². The number of nitrogens with one attached hydrogen (secondary N) is 3. The molecule has 0 aliphatic rings. The quantitative estimate of drug-likeness (QED) is 0.348. The number of hydrazine groups is 1. The topological polar surface area (TPSA) is 132 Å². The average molecular weight is 430 g/mol. The lowest BCUT2D eigenvalue weighted by molar-refractivity contribution is -0.384. The third-order valence-electron chi connectivity index (χ3n) is 4.21. The summed E-state index contributed by atoms with van der Waals surface area (Å²) in [5, 5.41) is 13.4. The fourth-order valence-corrected chi connectivity index (χ4v) is 2.62. The number of nitro groups is 1. The van der Waals surface area contributed by atoms with Gasteiger partial charge in [0.05, 0.1) is 12.0 Å². The second-order valence-electron chi connectivity index (χ2n) is 6.63. The highest BCUT2D eigenvalue weighted by Crippen LogP contribution is 2.28. The molecule has 31 heavy (non-hydrogen) atoms. The molecule has 0 heterocycles. The van der Waals surface area contributed by atoms with Crippen LogP contribution in [0.5, 0.6) is 11.5 Å². The van der Waals surface area contributed by atoms with Gasteiger partial charge in [0.1, 0.15) is 0 Å². The van der Waals surface area contributed by atoms with Crippen molar-refractivity contribution in [3.05, 3.63) is 58.1 Å². The maximum atomic E-state index is 12.1. The summed E-state index contributed by atoms with van der Waals surface area (Å²) in [6.07, 6.45) is 2.26. The Morgan fingerprint density at radius 2 is 1.90 bits per heavy atom. The van der Waals surface area contributed by atoms with Crippen LogP contribution >= 0.6 is 0 Å². The summed E-state index contributed by atoms with van der Waals surface area (Å²) in [7, 11) is 1.48. The first-order valence-corrected chi connectivity index (χ1v) is 9.78. The number of amides is 2. The van der Waals surface area contributed by atoms with Crippen molar-refractivity contribution in [2.24, 2.45) is 0 Å². The zero-order chi connectivity index (χ0) is 22.6. The van der Waals surface area contributed by atoms with Crippen molar-refractivity contribution in [1.29, 1.82) is 0 Å². The molecule has 0 atom stereocenters. The van der Waals surface area contributed by atoms with Gasteiger partial charge in [-0.05, 0) is 30.2 Å². The van der Waals surface area contributed by atoms with Crippen molar-refractivity contribution >= 4 is 23.2 Å². The smallest absolute Gasteiger partial charge is 0.271 e. The molecule has 0 aromatic heterocycles. The first-order valence-electron chi connectivity index (χ1n) is 9.78. The maximum absolute atomic E-state index is 12.1. The van der Waals surface area contributed by atoms with Gasteiger partial charge in [-0.25, -0.2) is 5.43 Å². The van der Waals surface area contributed by atoms with Gasteiger partial charge >= 0.3 is 0 Å². The van der Waals surface area contributed by atoms with Gasteiger partial charge in [-0.3, -0.25) is 25.1 Å². The van der Waals surface area contributed by atoms with Gasteiger partial charge in [0.25, 0.3) is 11.6 Å². The largest absolute Gasteiger partial charge is 0.493 e. The summed E-state index contributed by atoms with van der Waals surface area (Å²) >= 11 is 0. The van der Waals surface area contributed by atoms with E-state index >= 15 is 0 Å². The molecule has 166 valence electrons. The minimum atomic E-state index is -0.538. The van der Waals surface area contributed by atoms with E-state index in [9.17, 15) is 19.7 Å². The van der Waals surface area contributed by atoms with E-state index in [0.29, 0.717) is 30.2 Å². The molecular formula is C21H26N4O6. The third kappa shape index (κ3) is 7.94. The van der Waals surface area contributed by atoms with Gasteiger partial charge < -0.3 is 14.8 Å². The number of carbonyl (C=O) groups is 2. The molecule has 0 saturated heterocycles. The Labute approximate surface area is 180 Å². The minimum absolute atomic E-state index is 0.0662. The van der Waals surface area contributed by atoms with Crippen LogP contribution in [0.3, 0.4) is 0 Å². The highest BCUT2D eigenvalue weighted by Gasteiger charge is 2.11. The van der Waals surface area contributed by atoms with Gasteiger partial charge in [-0.2, -0.15) is 0 Å². The second kappa shape index (κ2) is 12.1. The van der Waals surface area contributed by atoms with Crippen LogP contribution in [0.25, 0.3) is 0 Å². The van der Waals surface area contributed by atoms with Gasteiger partial charge in [0.2, 0.25) is 5.91 Å². The van der Waals surface area contributed by atoms with Crippen LogP contribution in [-0.4, -0.2) is 30.5 Å². The molecule has 0 aliphatic carbocycles. The zero-order valence-electron chi connectivity index (χ0n) is 17.5. The zero-order valence-corrected chi connectivity index (χ0v) is 17.5. The molecule has 0 unspecified atom stereocenters. The van der Waals surface area contributed by atoms with Crippen LogP contribution in [0.4, 0.5) is 11.4 Å². The van der Waals surface area contributed by atoms with E-state index in [1.807, 2.05) is 6.92 Å². The monoisotopic (exact) mass is 430 g/mol. The lowest BCUT2D eigenvalue weighted by atomic mass is 10.2. The van der Waals surface area contributed by atoms with Crippen molar-refractivity contribution in [1.82, 2.24) is 10.9 Å². The second-order valence-corrected chi connectivity index (χ2v) is 6.63.